The van der Waals surface area contributed by atoms with Crippen LogP contribution in [0.3, 0.4) is 0 Å². The number of rotatable bonds is 2. The maximum Gasteiger partial charge on any atom is 0.289 e. The monoisotopic (exact) mass is 305 g/mol. The second kappa shape index (κ2) is 5.69. The molecule has 1 saturated heterocycles. The Kier molecular flexibility index (Phi) is 3.74. The lowest BCUT2D eigenvalue weighted by molar-refractivity contribution is 0.0515. The van der Waals surface area contributed by atoms with Crippen LogP contribution in [-0.2, 0) is 0 Å². The van der Waals surface area contributed by atoms with Gasteiger partial charge in [0, 0.05) is 31.1 Å². The summed E-state index contributed by atoms with van der Waals surface area (Å²) in [5, 5.41) is 0. The van der Waals surface area contributed by atoms with E-state index in [0.717, 1.165) is 4.88 Å². The van der Waals surface area contributed by atoms with Gasteiger partial charge < -0.3 is 14.2 Å². The van der Waals surface area contributed by atoms with E-state index < -0.39 is 0 Å². The number of carbonyl (C=O) groups is 2. The highest BCUT2D eigenvalue weighted by molar-refractivity contribution is 7.09. The molecule has 0 aromatic carbocycles. The number of thiazole rings is 1. The predicted octanol–water partition coefficient (Wildman–Crippen LogP) is 1.64. The van der Waals surface area contributed by atoms with Crippen molar-refractivity contribution in [2.45, 2.75) is 6.92 Å². The van der Waals surface area contributed by atoms with Crippen molar-refractivity contribution in [2.24, 2.45) is 0 Å². The Morgan fingerprint density at radius 3 is 2.38 bits per heavy atom. The van der Waals surface area contributed by atoms with Crippen LogP contribution in [0.4, 0.5) is 0 Å². The van der Waals surface area contributed by atoms with Gasteiger partial charge in [-0.1, -0.05) is 0 Å². The van der Waals surface area contributed by atoms with Gasteiger partial charge in [0.2, 0.25) is 0 Å². The molecule has 0 radical (unpaired) electrons. The van der Waals surface area contributed by atoms with Crippen LogP contribution >= 0.6 is 11.3 Å². The van der Waals surface area contributed by atoms with Crippen molar-refractivity contribution in [3.8, 4) is 0 Å². The zero-order valence-electron chi connectivity index (χ0n) is 11.6. The van der Waals surface area contributed by atoms with Crippen LogP contribution < -0.4 is 0 Å². The first-order valence-corrected chi connectivity index (χ1v) is 7.57. The summed E-state index contributed by atoms with van der Waals surface area (Å²) < 4.78 is 5.12. The Morgan fingerprint density at radius 1 is 1.19 bits per heavy atom. The van der Waals surface area contributed by atoms with E-state index in [1.165, 1.54) is 17.6 Å². The number of carbonyl (C=O) groups excluding carboxylic acids is 2. The van der Waals surface area contributed by atoms with Crippen molar-refractivity contribution in [2.75, 3.05) is 26.2 Å². The van der Waals surface area contributed by atoms with Gasteiger partial charge in [-0.25, -0.2) is 4.98 Å². The largest absolute Gasteiger partial charge is 0.459 e. The lowest BCUT2D eigenvalue weighted by Gasteiger charge is -2.34. The molecular weight excluding hydrogens is 290 g/mol. The zero-order chi connectivity index (χ0) is 14.8. The first-order valence-electron chi connectivity index (χ1n) is 6.69. The fourth-order valence-electron chi connectivity index (χ4n) is 2.33. The van der Waals surface area contributed by atoms with Gasteiger partial charge in [0.05, 0.1) is 11.8 Å². The molecule has 1 aliphatic rings. The van der Waals surface area contributed by atoms with Crippen molar-refractivity contribution in [1.29, 1.82) is 0 Å². The molecule has 2 aromatic rings. The number of aryl methyl sites for hydroxylation is 1. The number of amides is 2. The summed E-state index contributed by atoms with van der Waals surface area (Å²) in [4.78, 5) is 33.0. The molecule has 0 spiro atoms. The summed E-state index contributed by atoms with van der Waals surface area (Å²) in [7, 11) is 0. The SMILES string of the molecule is Cc1scnc1C(=O)N1CCN(C(=O)c2ccco2)CC1. The van der Waals surface area contributed by atoms with E-state index in [4.69, 9.17) is 4.42 Å². The van der Waals surface area contributed by atoms with Gasteiger partial charge >= 0.3 is 0 Å². The molecule has 6 nitrogen and oxygen atoms in total. The van der Waals surface area contributed by atoms with Crippen LogP contribution in [-0.4, -0.2) is 52.8 Å². The third-order valence-electron chi connectivity index (χ3n) is 3.53. The molecule has 2 amide bonds. The number of hydrogen-bond donors (Lipinski definition) is 0. The van der Waals surface area contributed by atoms with E-state index in [9.17, 15) is 9.59 Å². The van der Waals surface area contributed by atoms with Gasteiger partial charge in [0.15, 0.2) is 5.76 Å². The molecule has 0 N–H and O–H groups in total. The van der Waals surface area contributed by atoms with Gasteiger partial charge in [-0.3, -0.25) is 9.59 Å². The molecule has 1 aliphatic heterocycles. The molecule has 21 heavy (non-hydrogen) atoms. The van der Waals surface area contributed by atoms with Crippen molar-refractivity contribution in [3.05, 3.63) is 40.2 Å². The Labute approximate surface area is 126 Å². The Morgan fingerprint density at radius 2 is 1.86 bits per heavy atom. The number of aromatic nitrogens is 1. The second-order valence-corrected chi connectivity index (χ2v) is 5.88. The van der Waals surface area contributed by atoms with Crippen LogP contribution in [0.15, 0.2) is 28.3 Å². The number of piperazine rings is 1. The molecule has 0 atom stereocenters. The van der Waals surface area contributed by atoms with E-state index in [1.54, 1.807) is 27.4 Å². The highest BCUT2D eigenvalue weighted by atomic mass is 32.1. The minimum Gasteiger partial charge on any atom is -0.459 e. The first kappa shape index (κ1) is 13.8. The van der Waals surface area contributed by atoms with Crippen LogP contribution in [0.2, 0.25) is 0 Å². The van der Waals surface area contributed by atoms with E-state index in [0.29, 0.717) is 37.6 Å². The average molecular weight is 305 g/mol. The molecule has 0 bridgehead atoms. The van der Waals surface area contributed by atoms with Crippen molar-refractivity contribution < 1.29 is 14.0 Å². The second-order valence-electron chi connectivity index (χ2n) is 4.82. The van der Waals surface area contributed by atoms with Crippen molar-refractivity contribution in [3.63, 3.8) is 0 Å². The number of furan rings is 1. The third kappa shape index (κ3) is 2.69. The van der Waals surface area contributed by atoms with E-state index in [1.807, 2.05) is 6.92 Å². The molecule has 3 rings (SSSR count). The van der Waals surface area contributed by atoms with Gasteiger partial charge in [0.25, 0.3) is 11.8 Å². The van der Waals surface area contributed by atoms with Crippen LogP contribution in [0.25, 0.3) is 0 Å². The topological polar surface area (TPSA) is 66.7 Å². The summed E-state index contributed by atoms with van der Waals surface area (Å²) in [6.45, 7) is 3.94. The van der Waals surface area contributed by atoms with Gasteiger partial charge in [-0.05, 0) is 19.1 Å². The lowest BCUT2D eigenvalue weighted by Crippen LogP contribution is -2.50. The van der Waals surface area contributed by atoms with E-state index in [-0.39, 0.29) is 11.8 Å². The minimum absolute atomic E-state index is 0.0566. The molecular formula is C14H15N3O3S. The Bertz CT molecular complexity index is 642. The molecule has 2 aromatic heterocycles. The minimum atomic E-state index is -0.128. The fourth-order valence-corrected chi connectivity index (χ4v) is 2.90. The van der Waals surface area contributed by atoms with Crippen LogP contribution in [0.5, 0.6) is 0 Å². The summed E-state index contributed by atoms with van der Waals surface area (Å²) >= 11 is 1.46. The summed E-state index contributed by atoms with van der Waals surface area (Å²) in [6.07, 6.45) is 1.48. The molecule has 0 aliphatic carbocycles. The number of nitrogens with zero attached hydrogens (tertiary/aromatic N) is 3. The molecule has 1 fully saturated rings. The Balaban J connectivity index is 1.62. The maximum absolute atomic E-state index is 12.3. The summed E-state index contributed by atoms with van der Waals surface area (Å²) in [5.41, 5.74) is 2.20. The van der Waals surface area contributed by atoms with Gasteiger partial charge in [-0.15, -0.1) is 11.3 Å². The first-order chi connectivity index (χ1) is 10.2. The standard InChI is InChI=1S/C14H15N3O3S/c1-10-12(15-9-21-10)14(19)17-6-4-16(5-7-17)13(18)11-3-2-8-20-11/h2-3,8-9H,4-7H2,1H3. The average Bonchev–Trinajstić information content (AvgIpc) is 3.17. The summed E-state index contributed by atoms with van der Waals surface area (Å²) in [6, 6.07) is 3.34. The quantitative estimate of drug-likeness (QED) is 0.846. The molecule has 3 heterocycles. The van der Waals surface area contributed by atoms with Crippen LogP contribution in [0, 0.1) is 6.92 Å². The summed E-state index contributed by atoms with van der Waals surface area (Å²) in [5.74, 6) is 0.154. The number of hydrogen-bond acceptors (Lipinski definition) is 5. The normalized spacial score (nSPS) is 15.3. The van der Waals surface area contributed by atoms with E-state index in [2.05, 4.69) is 4.98 Å². The Hall–Kier alpha value is -2.15. The predicted molar refractivity (Wildman–Crippen MR) is 77.4 cm³/mol. The molecule has 0 saturated carbocycles. The highest BCUT2D eigenvalue weighted by Crippen LogP contribution is 2.16. The van der Waals surface area contributed by atoms with Crippen LogP contribution in [0.1, 0.15) is 25.9 Å². The molecule has 7 heteroatoms. The van der Waals surface area contributed by atoms with Crippen molar-refractivity contribution in [1.82, 2.24) is 14.8 Å². The molecule has 110 valence electrons. The lowest BCUT2D eigenvalue weighted by atomic mass is 10.2. The third-order valence-corrected chi connectivity index (χ3v) is 4.29. The fraction of sp³-hybridized carbons (Fsp3) is 0.357. The van der Waals surface area contributed by atoms with Crippen molar-refractivity contribution >= 4 is 23.2 Å². The zero-order valence-corrected chi connectivity index (χ0v) is 12.4. The van der Waals surface area contributed by atoms with E-state index >= 15 is 0 Å². The maximum atomic E-state index is 12.3. The van der Waals surface area contributed by atoms with Gasteiger partial charge in [0.1, 0.15) is 5.69 Å². The van der Waals surface area contributed by atoms with Gasteiger partial charge in [-0.2, -0.15) is 0 Å². The highest BCUT2D eigenvalue weighted by Gasteiger charge is 2.27. The smallest absolute Gasteiger partial charge is 0.289 e. The molecule has 0 unspecified atom stereocenters.